The third kappa shape index (κ3) is 13.6. The maximum atomic E-state index is 14.2. The van der Waals surface area contributed by atoms with E-state index in [9.17, 15) is 32.7 Å². The minimum Gasteiger partial charge on any atom is -0.505 e. The lowest BCUT2D eigenvalue weighted by Crippen LogP contribution is -2.05. The minimum atomic E-state index is -0.921. The lowest BCUT2D eigenvalue weighted by molar-refractivity contribution is 0.102. The molecular weight excluding hydrogens is 1100 g/mol. The van der Waals surface area contributed by atoms with Crippen molar-refractivity contribution in [3.05, 3.63) is 175 Å². The fourth-order valence-electron chi connectivity index (χ4n) is 5.89. The van der Waals surface area contributed by atoms with Crippen molar-refractivity contribution in [2.24, 2.45) is 0 Å². The number of H-pyrrole nitrogens is 3. The highest BCUT2D eigenvalue weighted by Crippen LogP contribution is 2.29. The van der Waals surface area contributed by atoms with Gasteiger partial charge in [0, 0.05) is 77.9 Å². The Morgan fingerprint density at radius 1 is 0.559 bits per heavy atom. The van der Waals surface area contributed by atoms with E-state index in [0.29, 0.717) is 33.2 Å². The largest absolute Gasteiger partial charge is 0.505 e. The molecule has 0 radical (unpaired) electrons. The molecule has 0 atom stereocenters. The molecule has 0 aliphatic heterocycles. The molecule has 0 saturated carbocycles. The average molecular weight is 1150 g/mol. The Labute approximate surface area is 422 Å². The zero-order valence-corrected chi connectivity index (χ0v) is 38.0. The molecule has 0 spiro atoms. The summed E-state index contributed by atoms with van der Waals surface area (Å²) in [5.41, 5.74) is 2.34. The van der Waals surface area contributed by atoms with Crippen LogP contribution >= 0.6 is 59.4 Å². The average Bonchev–Trinajstić information content (AvgIpc) is 4.03. The van der Waals surface area contributed by atoms with Gasteiger partial charge in [0.15, 0.2) is 46.3 Å². The number of benzene rings is 3. The number of rotatable bonds is 7. The molecule has 68 heavy (non-hydrogen) atoms. The van der Waals surface area contributed by atoms with Crippen LogP contribution in [0.1, 0.15) is 79.3 Å². The zero-order valence-electron chi connectivity index (χ0n) is 32.4. The van der Waals surface area contributed by atoms with Crippen LogP contribution in [0.5, 0.6) is 17.2 Å². The van der Waals surface area contributed by atoms with Crippen LogP contribution in [0.25, 0.3) is 33.1 Å². The Kier molecular flexibility index (Phi) is 23.6. The second kappa shape index (κ2) is 26.9. The summed E-state index contributed by atoms with van der Waals surface area (Å²) in [6.45, 7) is 0. The molecule has 0 aliphatic rings. The predicted molar refractivity (Wildman–Crippen MR) is 276 cm³/mol. The van der Waals surface area contributed by atoms with E-state index in [-0.39, 0.29) is 65.3 Å². The van der Waals surface area contributed by atoms with Crippen LogP contribution < -0.4 is 9.47 Å². The number of aromatic nitrogens is 6. The highest BCUT2D eigenvalue weighted by Gasteiger charge is 2.22. The molecule has 0 aliphatic carbocycles. The van der Waals surface area contributed by atoms with E-state index in [1.165, 1.54) is 75.1 Å². The molecule has 0 amide bonds. The van der Waals surface area contributed by atoms with Crippen molar-refractivity contribution in [1.29, 1.82) is 0 Å². The molecule has 9 aromatic rings. The Balaban J connectivity index is 0.000000460. The van der Waals surface area contributed by atoms with E-state index in [2.05, 4.69) is 82.4 Å². The van der Waals surface area contributed by atoms with Gasteiger partial charge in [0.25, 0.3) is 5.24 Å². The second-order valence-corrected chi connectivity index (χ2v) is 15.9. The number of hydrogen-bond donors (Lipinski definition) is 4. The van der Waals surface area contributed by atoms with E-state index >= 15 is 0 Å². The molecule has 3 aromatic carbocycles. The number of phenolic OH excluding ortho intramolecular Hbond substituents is 1. The number of aromatic hydroxyl groups is 1. The molecule has 6 aromatic heterocycles. The van der Waals surface area contributed by atoms with Crippen LogP contribution in [0.4, 0.5) is 13.2 Å². The number of hydrogen-bond acceptors (Lipinski definition) is 9. The quantitative estimate of drug-likeness (QED) is 0.0894. The summed E-state index contributed by atoms with van der Waals surface area (Å²) >= 11 is 15.0. The maximum Gasteiger partial charge on any atom is 0.255 e. The second-order valence-electron chi connectivity index (χ2n) is 12.8. The van der Waals surface area contributed by atoms with Gasteiger partial charge < -0.3 is 29.5 Å². The van der Waals surface area contributed by atoms with Crippen LogP contribution in [0.2, 0.25) is 0 Å². The summed E-state index contributed by atoms with van der Waals surface area (Å²) in [7, 11) is 2.68. The first-order valence-electron chi connectivity index (χ1n) is 18.0. The van der Waals surface area contributed by atoms with Crippen LogP contribution in [-0.2, 0) is 0 Å². The number of ketones is 2. The highest BCUT2D eigenvalue weighted by atomic mass is 79.9. The summed E-state index contributed by atoms with van der Waals surface area (Å²) in [6, 6.07) is 20.2. The molecule has 0 unspecified atom stereocenters. The molecule has 0 bridgehead atoms. The lowest BCUT2D eigenvalue weighted by atomic mass is 10.0. The third-order valence-electron chi connectivity index (χ3n) is 8.90. The SMILES string of the molecule is Brc1cnc2[nH]ccc2c1.C.C.C.C.C.COc1cccc(C(=O)Cl)c1F.COc1cccc(C(=O)c2c[nH]c3ncc(Br)cc23)c1F.O=C(c1cccc(O)c1F)c1c[nH]c2ncc(Br)cc12. The Hall–Kier alpha value is -6.34. The molecular formula is C49H49Br3ClF3N6O6. The van der Waals surface area contributed by atoms with Gasteiger partial charge in [0.05, 0.1) is 30.9 Å². The van der Waals surface area contributed by atoms with E-state index in [1.54, 1.807) is 36.8 Å². The summed E-state index contributed by atoms with van der Waals surface area (Å²) in [4.78, 5) is 56.8. The standard InChI is InChI=1S/C15H10BrFN2O2.C14H8BrFN2O2.C8H6ClFO2.C7H5BrN2.5CH4/c1-21-12-4-2-3-9(13(12)17)14(20)11-7-19-15-10(11)5-8(16)6-18-15;15-7-4-9-10(6-18-14(9)17-5-7)13(20)8-2-1-3-11(19)12(8)16;1-12-6-4-2-3-5(7(6)10)8(9)11;8-6-3-5-1-2-9-7(5)10-4-6;;;;;/h2-7H,1H3,(H,18,19);1-6,19H,(H,17,18);2-4H,1H3;1-4H,(H,9,10);5*1H4. The predicted octanol–water partition coefficient (Wildman–Crippen LogP) is 14.8. The van der Waals surface area contributed by atoms with E-state index in [4.69, 9.17) is 16.3 Å². The van der Waals surface area contributed by atoms with Crippen molar-refractivity contribution < 1.29 is 42.1 Å². The molecule has 0 fully saturated rings. The van der Waals surface area contributed by atoms with Crippen molar-refractivity contribution in [1.82, 2.24) is 29.9 Å². The van der Waals surface area contributed by atoms with E-state index in [1.807, 2.05) is 18.3 Å². The molecule has 0 saturated heterocycles. The smallest absolute Gasteiger partial charge is 0.255 e. The zero-order chi connectivity index (χ0) is 45.4. The van der Waals surface area contributed by atoms with Gasteiger partial charge >= 0.3 is 0 Å². The minimum absolute atomic E-state index is 0. The molecule has 4 N–H and O–H groups in total. The number of carbonyl (C=O) groups excluding carboxylic acids is 3. The van der Waals surface area contributed by atoms with Crippen molar-refractivity contribution in [2.45, 2.75) is 37.1 Å². The Morgan fingerprint density at radius 3 is 1.44 bits per heavy atom. The van der Waals surface area contributed by atoms with Crippen LogP contribution in [-0.4, -0.2) is 66.0 Å². The van der Waals surface area contributed by atoms with Crippen LogP contribution in [0.15, 0.2) is 129 Å². The van der Waals surface area contributed by atoms with Crippen molar-refractivity contribution in [3.8, 4) is 17.2 Å². The summed E-state index contributed by atoms with van der Waals surface area (Å²) in [5, 5.41) is 10.9. The maximum absolute atomic E-state index is 14.2. The van der Waals surface area contributed by atoms with Crippen LogP contribution in [0.3, 0.4) is 0 Å². The summed E-state index contributed by atoms with van der Waals surface area (Å²) in [6.07, 6.45) is 9.89. The number of pyridine rings is 3. The van der Waals surface area contributed by atoms with Gasteiger partial charge in [-0.3, -0.25) is 14.4 Å². The topological polar surface area (TPSA) is 176 Å². The number of nitrogens with one attached hydrogen (secondary N) is 3. The first-order chi connectivity index (χ1) is 30.2. The van der Waals surface area contributed by atoms with Crippen molar-refractivity contribution in [2.75, 3.05) is 14.2 Å². The number of aromatic amines is 3. The van der Waals surface area contributed by atoms with Gasteiger partial charge in [-0.2, -0.15) is 0 Å². The van der Waals surface area contributed by atoms with Gasteiger partial charge in [-0.25, -0.2) is 28.1 Å². The number of phenols is 1. The van der Waals surface area contributed by atoms with E-state index in [0.717, 1.165) is 24.5 Å². The summed E-state index contributed by atoms with van der Waals surface area (Å²) < 4.78 is 53.2. The van der Waals surface area contributed by atoms with Gasteiger partial charge in [-0.1, -0.05) is 55.3 Å². The number of ether oxygens (including phenoxy) is 2. The lowest BCUT2D eigenvalue weighted by Gasteiger charge is -2.06. The molecule has 360 valence electrons. The monoisotopic (exact) mass is 1150 g/mol. The Morgan fingerprint density at radius 2 is 0.971 bits per heavy atom. The number of carbonyl (C=O) groups is 3. The first-order valence-corrected chi connectivity index (χ1v) is 20.7. The molecule has 19 heteroatoms. The van der Waals surface area contributed by atoms with Gasteiger partial charge in [0.2, 0.25) is 0 Å². The Bertz CT molecular complexity index is 3150. The fraction of sp³-hybridized carbons (Fsp3) is 0.143. The van der Waals surface area contributed by atoms with Crippen LogP contribution in [0, 0.1) is 17.5 Å². The number of halogens is 7. The van der Waals surface area contributed by atoms with Gasteiger partial charge in [-0.15, -0.1) is 0 Å². The summed E-state index contributed by atoms with van der Waals surface area (Å²) in [5.74, 6) is -3.73. The third-order valence-corrected chi connectivity index (χ3v) is 10.4. The van der Waals surface area contributed by atoms with E-state index < -0.39 is 40.0 Å². The number of fused-ring (bicyclic) bond motifs is 3. The molecule has 12 nitrogen and oxygen atoms in total. The molecule has 6 heterocycles. The molecule has 9 rings (SSSR count). The fourth-order valence-corrected chi connectivity index (χ4v) is 7.05. The van der Waals surface area contributed by atoms with Crippen molar-refractivity contribution >= 4 is 109 Å². The van der Waals surface area contributed by atoms with Gasteiger partial charge in [0.1, 0.15) is 16.9 Å². The number of nitrogens with zero attached hydrogens (tertiary/aromatic N) is 3. The normalized spacial score (nSPS) is 9.78. The van der Waals surface area contributed by atoms with Gasteiger partial charge in [-0.05, 0) is 120 Å². The highest BCUT2D eigenvalue weighted by molar-refractivity contribution is 9.11. The first kappa shape index (κ1) is 59.7. The van der Waals surface area contributed by atoms with Crippen molar-refractivity contribution in [3.63, 3.8) is 0 Å². The number of methoxy groups -OCH3 is 2.